The normalized spacial score (nSPS) is 11.1. The maximum Gasteiger partial charge on any atom is 0.356 e. The molecule has 0 fully saturated rings. The van der Waals surface area contributed by atoms with Crippen LogP contribution in [0, 0.1) is 6.92 Å². The zero-order valence-corrected chi connectivity index (χ0v) is 17.0. The molecule has 12 heteroatoms. The zero-order chi connectivity index (χ0) is 22.2. The van der Waals surface area contributed by atoms with E-state index in [9.17, 15) is 23.2 Å². The van der Waals surface area contributed by atoms with Crippen molar-refractivity contribution in [1.82, 2.24) is 14.8 Å². The number of primary amides is 1. The molecule has 0 unspecified atom stereocenters. The minimum atomic E-state index is -2.79. The molecule has 3 aromatic rings. The lowest BCUT2D eigenvalue weighted by atomic mass is 10.1. The van der Waals surface area contributed by atoms with Crippen molar-refractivity contribution in [2.45, 2.75) is 20.3 Å². The van der Waals surface area contributed by atoms with Crippen molar-refractivity contribution in [2.24, 2.45) is 12.8 Å². The Morgan fingerprint density at radius 3 is 2.63 bits per heavy atom. The Balaban J connectivity index is 2.04. The molecule has 0 spiro atoms. The number of amides is 2. The number of thiophene rings is 1. The molecular weight excluding hydrogens is 420 g/mol. The van der Waals surface area contributed by atoms with Gasteiger partial charge in [-0.3, -0.25) is 14.3 Å². The predicted octanol–water partition coefficient (Wildman–Crippen LogP) is 2.80. The van der Waals surface area contributed by atoms with Gasteiger partial charge in [-0.25, -0.2) is 18.6 Å². The Hall–Kier alpha value is -3.41. The van der Waals surface area contributed by atoms with Crippen LogP contribution < -0.4 is 11.1 Å². The van der Waals surface area contributed by atoms with Crippen LogP contribution in [0.5, 0.6) is 0 Å². The number of aromatic nitrogens is 3. The second kappa shape index (κ2) is 8.14. The molecule has 0 saturated carbocycles. The van der Waals surface area contributed by atoms with Gasteiger partial charge in [0.15, 0.2) is 5.69 Å². The number of pyridine rings is 1. The first kappa shape index (κ1) is 21.3. The molecular formula is C18H17F2N5O4S. The van der Waals surface area contributed by atoms with E-state index in [4.69, 9.17) is 10.5 Å². The minimum Gasteiger partial charge on any atom is -0.461 e. The van der Waals surface area contributed by atoms with Gasteiger partial charge in [0.25, 0.3) is 18.2 Å². The lowest BCUT2D eigenvalue weighted by molar-refractivity contribution is 0.0513. The van der Waals surface area contributed by atoms with E-state index in [2.05, 4.69) is 15.4 Å². The van der Waals surface area contributed by atoms with Crippen LogP contribution in [-0.2, 0) is 11.8 Å². The van der Waals surface area contributed by atoms with E-state index in [0.29, 0.717) is 10.9 Å². The summed E-state index contributed by atoms with van der Waals surface area (Å²) in [6.45, 7) is 3.36. The second-order valence-corrected chi connectivity index (χ2v) is 7.23. The van der Waals surface area contributed by atoms with Crippen LogP contribution in [0.15, 0.2) is 12.1 Å². The first-order valence-electron chi connectivity index (χ1n) is 8.68. The number of rotatable bonds is 6. The number of halogens is 2. The van der Waals surface area contributed by atoms with Crippen molar-refractivity contribution in [3.63, 3.8) is 0 Å². The van der Waals surface area contributed by atoms with Crippen LogP contribution in [-0.4, -0.2) is 39.2 Å². The molecule has 0 aliphatic carbocycles. The van der Waals surface area contributed by atoms with Gasteiger partial charge >= 0.3 is 5.97 Å². The molecule has 3 heterocycles. The number of hydrogen-bond acceptors (Lipinski definition) is 7. The largest absolute Gasteiger partial charge is 0.461 e. The molecule has 9 nitrogen and oxygen atoms in total. The number of ether oxygens (including phenoxy) is 1. The van der Waals surface area contributed by atoms with Crippen LogP contribution in [0.2, 0.25) is 0 Å². The highest BCUT2D eigenvalue weighted by molar-refractivity contribution is 7.21. The summed E-state index contributed by atoms with van der Waals surface area (Å²) in [5.74, 6) is -2.22. The summed E-state index contributed by atoms with van der Waals surface area (Å²) < 4.78 is 32.2. The number of carbonyl (C=O) groups excluding carboxylic acids is 3. The number of carbonyl (C=O) groups is 3. The number of hydrogen-bond donors (Lipinski definition) is 2. The molecule has 0 aliphatic heterocycles. The van der Waals surface area contributed by atoms with Crippen LogP contribution >= 0.6 is 11.3 Å². The Morgan fingerprint density at radius 1 is 1.33 bits per heavy atom. The molecule has 0 bridgehead atoms. The number of aryl methyl sites for hydroxylation is 2. The summed E-state index contributed by atoms with van der Waals surface area (Å²) in [5, 5.41) is 6.86. The maximum absolute atomic E-state index is 13.1. The third-order valence-corrected chi connectivity index (χ3v) is 5.26. The molecule has 30 heavy (non-hydrogen) atoms. The second-order valence-electron chi connectivity index (χ2n) is 6.23. The third kappa shape index (κ3) is 3.85. The van der Waals surface area contributed by atoms with E-state index < -0.39 is 29.9 Å². The Labute approximate surface area is 172 Å². The molecule has 158 valence electrons. The minimum absolute atomic E-state index is 0.0399. The van der Waals surface area contributed by atoms with Gasteiger partial charge in [-0.15, -0.1) is 11.3 Å². The average Bonchev–Trinajstić information content (AvgIpc) is 3.23. The van der Waals surface area contributed by atoms with E-state index in [1.165, 1.54) is 23.9 Å². The van der Waals surface area contributed by atoms with Gasteiger partial charge in [0.1, 0.15) is 21.1 Å². The smallest absolute Gasteiger partial charge is 0.356 e. The number of nitrogens with two attached hydrogens (primary N) is 1. The summed E-state index contributed by atoms with van der Waals surface area (Å²) in [5.41, 5.74) is 5.36. The van der Waals surface area contributed by atoms with Crippen molar-refractivity contribution < 1.29 is 27.9 Å². The van der Waals surface area contributed by atoms with E-state index >= 15 is 0 Å². The fourth-order valence-electron chi connectivity index (χ4n) is 2.86. The number of nitrogens with zero attached hydrogens (tertiary/aromatic N) is 3. The van der Waals surface area contributed by atoms with Gasteiger partial charge in [-0.05, 0) is 25.5 Å². The number of alkyl halides is 2. The molecule has 3 rings (SSSR count). The van der Waals surface area contributed by atoms with E-state index in [0.717, 1.165) is 11.3 Å². The number of nitrogens with one attached hydrogen (secondary N) is 1. The van der Waals surface area contributed by atoms with Gasteiger partial charge in [0, 0.05) is 18.5 Å². The van der Waals surface area contributed by atoms with Crippen molar-refractivity contribution in [1.29, 1.82) is 0 Å². The Kier molecular flexibility index (Phi) is 5.78. The van der Waals surface area contributed by atoms with Gasteiger partial charge in [-0.2, -0.15) is 5.10 Å². The summed E-state index contributed by atoms with van der Waals surface area (Å²) in [6.07, 6.45) is -2.79. The first-order valence-corrected chi connectivity index (χ1v) is 9.50. The lowest BCUT2D eigenvalue weighted by Gasteiger charge is -2.07. The molecule has 2 amide bonds. The highest BCUT2D eigenvalue weighted by Gasteiger charge is 2.25. The van der Waals surface area contributed by atoms with Gasteiger partial charge in [0.2, 0.25) is 0 Å². The quantitative estimate of drug-likeness (QED) is 0.571. The standard InChI is InChI=1S/C18H17F2N5O4S/c1-4-29-18(28)10-6-9(24-25(10)3)16(27)23-12-11-7(2)5-8(14(19)20)22-17(11)30-13(12)15(21)26/h5-6,14H,4H2,1-3H3,(H2,21,26)(H,23,27). The fourth-order valence-corrected chi connectivity index (χ4v) is 3.93. The maximum atomic E-state index is 13.1. The van der Waals surface area contributed by atoms with Crippen LogP contribution in [0.3, 0.4) is 0 Å². The first-order chi connectivity index (χ1) is 14.1. The number of anilines is 1. The summed E-state index contributed by atoms with van der Waals surface area (Å²) in [6, 6.07) is 2.42. The van der Waals surface area contributed by atoms with Crippen molar-refractivity contribution in [3.8, 4) is 0 Å². The van der Waals surface area contributed by atoms with Crippen molar-refractivity contribution >= 4 is 45.0 Å². The highest BCUT2D eigenvalue weighted by atomic mass is 32.1. The van der Waals surface area contributed by atoms with Crippen molar-refractivity contribution in [2.75, 3.05) is 11.9 Å². The molecule has 0 atom stereocenters. The molecule has 0 aromatic carbocycles. The number of fused-ring (bicyclic) bond motifs is 1. The Morgan fingerprint density at radius 2 is 2.03 bits per heavy atom. The zero-order valence-electron chi connectivity index (χ0n) is 16.2. The van der Waals surface area contributed by atoms with Crippen molar-refractivity contribution in [3.05, 3.63) is 39.7 Å². The van der Waals surface area contributed by atoms with Gasteiger partial charge < -0.3 is 15.8 Å². The molecule has 0 saturated heterocycles. The molecule has 3 aromatic heterocycles. The molecule has 3 N–H and O–H groups in total. The molecule has 0 radical (unpaired) electrons. The SMILES string of the molecule is CCOC(=O)c1cc(C(=O)Nc2c(C(N)=O)sc3nc(C(F)F)cc(C)c23)nn1C. The van der Waals surface area contributed by atoms with Crippen LogP contribution in [0.1, 0.15) is 55.3 Å². The highest BCUT2D eigenvalue weighted by Crippen LogP contribution is 2.38. The fraction of sp³-hybridized carbons (Fsp3) is 0.278. The summed E-state index contributed by atoms with van der Waals surface area (Å²) in [4.78, 5) is 40.5. The summed E-state index contributed by atoms with van der Waals surface area (Å²) >= 11 is 0.801. The van der Waals surface area contributed by atoms with Crippen LogP contribution in [0.4, 0.5) is 14.5 Å². The van der Waals surface area contributed by atoms with E-state index in [1.807, 2.05) is 0 Å². The summed E-state index contributed by atoms with van der Waals surface area (Å²) in [7, 11) is 1.47. The monoisotopic (exact) mass is 437 g/mol. The van der Waals surface area contributed by atoms with E-state index in [1.54, 1.807) is 13.8 Å². The van der Waals surface area contributed by atoms with Gasteiger partial charge in [-0.1, -0.05) is 0 Å². The van der Waals surface area contributed by atoms with Crippen LogP contribution in [0.25, 0.3) is 10.2 Å². The predicted molar refractivity (Wildman–Crippen MR) is 105 cm³/mol. The third-order valence-electron chi connectivity index (χ3n) is 4.16. The van der Waals surface area contributed by atoms with Gasteiger partial charge in [0.05, 0.1) is 12.3 Å². The molecule has 0 aliphatic rings. The number of esters is 1. The lowest BCUT2D eigenvalue weighted by Crippen LogP contribution is -2.17. The Bertz CT molecular complexity index is 1170. The van der Waals surface area contributed by atoms with E-state index in [-0.39, 0.29) is 33.4 Å². The average molecular weight is 437 g/mol. The topological polar surface area (TPSA) is 129 Å².